The van der Waals surface area contributed by atoms with E-state index in [1.807, 2.05) is 0 Å². The number of carbonyl (C=O) groups excluding carboxylic acids is 1. The second-order valence-electron chi connectivity index (χ2n) is 3.45. The number of esters is 1. The van der Waals surface area contributed by atoms with E-state index in [9.17, 15) is 14.9 Å². The molecule has 0 fully saturated rings. The first-order valence-electron chi connectivity index (χ1n) is 4.99. The lowest BCUT2D eigenvalue weighted by Gasteiger charge is -2.11. The van der Waals surface area contributed by atoms with E-state index in [2.05, 4.69) is 0 Å². The van der Waals surface area contributed by atoms with Crippen molar-refractivity contribution in [2.45, 2.75) is 13.0 Å². The molecular formula is C11H13NO5. The quantitative estimate of drug-likeness (QED) is 0.444. The molecule has 0 N–H and O–H groups in total. The number of nitrogens with zero attached hydrogens (tertiary/aromatic N) is 1. The second kappa shape index (κ2) is 5.95. The van der Waals surface area contributed by atoms with Crippen LogP contribution in [0.25, 0.3) is 0 Å². The molecule has 1 unspecified atom stereocenters. The van der Waals surface area contributed by atoms with Crippen molar-refractivity contribution < 1.29 is 19.2 Å². The Labute approximate surface area is 98.3 Å². The highest BCUT2D eigenvalue weighted by Gasteiger charge is 2.21. The largest absolute Gasteiger partial charge is 0.456 e. The average molecular weight is 239 g/mol. The van der Waals surface area contributed by atoms with Crippen molar-refractivity contribution in [1.82, 2.24) is 0 Å². The van der Waals surface area contributed by atoms with Crippen LogP contribution in [0.1, 0.15) is 17.3 Å². The van der Waals surface area contributed by atoms with Gasteiger partial charge in [0, 0.05) is 13.2 Å². The average Bonchev–Trinajstić information content (AvgIpc) is 2.29. The van der Waals surface area contributed by atoms with E-state index in [4.69, 9.17) is 9.47 Å². The van der Waals surface area contributed by atoms with Crippen molar-refractivity contribution in [2.75, 3.05) is 13.7 Å². The van der Waals surface area contributed by atoms with Crippen molar-refractivity contribution in [3.05, 3.63) is 39.9 Å². The SMILES string of the molecule is COCC(C)OC(=O)c1ccccc1[N+](=O)[O-]. The summed E-state index contributed by atoms with van der Waals surface area (Å²) in [4.78, 5) is 21.8. The first kappa shape index (κ1) is 13.1. The number of methoxy groups -OCH3 is 1. The lowest BCUT2D eigenvalue weighted by atomic mass is 10.2. The topological polar surface area (TPSA) is 78.7 Å². The summed E-state index contributed by atoms with van der Waals surface area (Å²) in [6, 6.07) is 5.66. The van der Waals surface area contributed by atoms with Crippen molar-refractivity contribution in [3.8, 4) is 0 Å². The fourth-order valence-electron chi connectivity index (χ4n) is 1.32. The molecule has 0 aliphatic rings. The van der Waals surface area contributed by atoms with Crippen LogP contribution in [0.4, 0.5) is 5.69 Å². The predicted molar refractivity (Wildman–Crippen MR) is 59.8 cm³/mol. The Bertz CT molecular complexity index is 418. The number of rotatable bonds is 5. The zero-order valence-corrected chi connectivity index (χ0v) is 9.58. The van der Waals surface area contributed by atoms with E-state index >= 15 is 0 Å². The highest BCUT2D eigenvalue weighted by atomic mass is 16.6. The normalized spacial score (nSPS) is 11.9. The van der Waals surface area contributed by atoms with Crippen LogP contribution in [0.3, 0.4) is 0 Å². The summed E-state index contributed by atoms with van der Waals surface area (Å²) in [5.41, 5.74) is -0.317. The number of para-hydroxylation sites is 1. The number of benzene rings is 1. The van der Waals surface area contributed by atoms with E-state index < -0.39 is 17.0 Å². The van der Waals surface area contributed by atoms with Gasteiger partial charge in [0.05, 0.1) is 11.5 Å². The minimum atomic E-state index is -0.721. The lowest BCUT2D eigenvalue weighted by Crippen LogP contribution is -2.20. The van der Waals surface area contributed by atoms with Crippen LogP contribution >= 0.6 is 0 Å². The van der Waals surface area contributed by atoms with Crippen LogP contribution in [0.5, 0.6) is 0 Å². The highest BCUT2D eigenvalue weighted by molar-refractivity contribution is 5.93. The van der Waals surface area contributed by atoms with Gasteiger partial charge in [-0.2, -0.15) is 0 Å². The standard InChI is InChI=1S/C11H13NO5/c1-8(7-16-2)17-11(13)9-5-3-4-6-10(9)12(14)15/h3-6,8H,7H2,1-2H3. The molecule has 6 nitrogen and oxygen atoms in total. The van der Waals surface area contributed by atoms with Gasteiger partial charge in [0.1, 0.15) is 11.7 Å². The summed E-state index contributed by atoms with van der Waals surface area (Å²) < 4.78 is 9.81. The van der Waals surface area contributed by atoms with Crippen LogP contribution in [0.2, 0.25) is 0 Å². The van der Waals surface area contributed by atoms with E-state index in [-0.39, 0.29) is 17.9 Å². The Morgan fingerprint density at radius 2 is 2.12 bits per heavy atom. The Morgan fingerprint density at radius 1 is 1.47 bits per heavy atom. The summed E-state index contributed by atoms with van der Waals surface area (Å²) in [6.07, 6.45) is -0.452. The number of ether oxygens (including phenoxy) is 2. The molecule has 0 saturated heterocycles. The van der Waals surface area contributed by atoms with Crippen molar-refractivity contribution in [3.63, 3.8) is 0 Å². The molecule has 1 atom stereocenters. The fraction of sp³-hybridized carbons (Fsp3) is 0.364. The van der Waals surface area contributed by atoms with Gasteiger partial charge in [-0.05, 0) is 13.0 Å². The number of hydrogen-bond donors (Lipinski definition) is 0. The van der Waals surface area contributed by atoms with Crippen LogP contribution < -0.4 is 0 Å². The Hall–Kier alpha value is -1.95. The molecule has 0 aliphatic carbocycles. The molecule has 0 radical (unpaired) electrons. The number of nitro benzene ring substituents is 1. The fourth-order valence-corrected chi connectivity index (χ4v) is 1.32. The van der Waals surface area contributed by atoms with Gasteiger partial charge in [-0.15, -0.1) is 0 Å². The maximum atomic E-state index is 11.7. The maximum Gasteiger partial charge on any atom is 0.345 e. The molecule has 0 heterocycles. The predicted octanol–water partition coefficient (Wildman–Crippen LogP) is 1.79. The molecular weight excluding hydrogens is 226 g/mol. The summed E-state index contributed by atoms with van der Waals surface area (Å²) in [5, 5.41) is 10.7. The van der Waals surface area contributed by atoms with Gasteiger partial charge in [-0.25, -0.2) is 4.79 Å². The summed E-state index contributed by atoms with van der Waals surface area (Å²) >= 11 is 0. The molecule has 0 saturated carbocycles. The molecule has 0 bridgehead atoms. The van der Waals surface area contributed by atoms with Crippen LogP contribution in [-0.2, 0) is 9.47 Å². The number of nitro groups is 1. The van der Waals surface area contributed by atoms with Crippen molar-refractivity contribution >= 4 is 11.7 Å². The van der Waals surface area contributed by atoms with Gasteiger partial charge in [0.25, 0.3) is 5.69 Å². The summed E-state index contributed by atoms with van der Waals surface area (Å²) in [7, 11) is 1.48. The summed E-state index contributed by atoms with van der Waals surface area (Å²) in [6.45, 7) is 1.89. The van der Waals surface area contributed by atoms with Crippen molar-refractivity contribution in [2.24, 2.45) is 0 Å². The molecule has 0 spiro atoms. The zero-order chi connectivity index (χ0) is 12.8. The second-order valence-corrected chi connectivity index (χ2v) is 3.45. The van der Waals surface area contributed by atoms with E-state index in [1.165, 1.54) is 25.3 Å². The first-order chi connectivity index (χ1) is 8.06. The molecule has 6 heteroatoms. The van der Waals surface area contributed by atoms with Crippen LogP contribution in [0.15, 0.2) is 24.3 Å². The van der Waals surface area contributed by atoms with Gasteiger partial charge in [0.2, 0.25) is 0 Å². The Balaban J connectivity index is 2.85. The molecule has 0 aliphatic heterocycles. The van der Waals surface area contributed by atoms with Crippen LogP contribution in [0, 0.1) is 10.1 Å². The Morgan fingerprint density at radius 3 is 2.71 bits per heavy atom. The van der Waals surface area contributed by atoms with Gasteiger partial charge >= 0.3 is 5.97 Å². The van der Waals surface area contributed by atoms with Gasteiger partial charge in [-0.3, -0.25) is 10.1 Å². The molecule has 1 rings (SSSR count). The van der Waals surface area contributed by atoms with Gasteiger partial charge in [0.15, 0.2) is 0 Å². The lowest BCUT2D eigenvalue weighted by molar-refractivity contribution is -0.385. The number of hydrogen-bond acceptors (Lipinski definition) is 5. The Kier molecular flexibility index (Phi) is 4.59. The molecule has 92 valence electrons. The van der Waals surface area contributed by atoms with E-state index in [0.717, 1.165) is 0 Å². The third-order valence-corrected chi connectivity index (χ3v) is 2.03. The van der Waals surface area contributed by atoms with E-state index in [1.54, 1.807) is 13.0 Å². The summed E-state index contributed by atoms with van der Waals surface area (Å²) in [5.74, 6) is -0.721. The molecule has 1 aromatic carbocycles. The molecule has 1 aromatic rings. The highest BCUT2D eigenvalue weighted by Crippen LogP contribution is 2.19. The smallest absolute Gasteiger partial charge is 0.345 e. The minimum Gasteiger partial charge on any atom is -0.456 e. The molecule has 0 amide bonds. The third-order valence-electron chi connectivity index (χ3n) is 2.03. The van der Waals surface area contributed by atoms with Gasteiger partial charge < -0.3 is 9.47 Å². The molecule has 0 aromatic heterocycles. The molecule has 17 heavy (non-hydrogen) atoms. The minimum absolute atomic E-state index is 0.0551. The third kappa shape index (κ3) is 3.53. The van der Waals surface area contributed by atoms with Crippen LogP contribution in [-0.4, -0.2) is 30.7 Å². The van der Waals surface area contributed by atoms with E-state index in [0.29, 0.717) is 0 Å². The first-order valence-corrected chi connectivity index (χ1v) is 4.99. The maximum absolute atomic E-state index is 11.7. The zero-order valence-electron chi connectivity index (χ0n) is 9.58. The monoisotopic (exact) mass is 239 g/mol. The van der Waals surface area contributed by atoms with Gasteiger partial charge in [-0.1, -0.05) is 12.1 Å². The van der Waals surface area contributed by atoms with Crippen molar-refractivity contribution in [1.29, 1.82) is 0 Å². The number of carbonyl (C=O) groups is 1.